The van der Waals surface area contributed by atoms with E-state index in [-0.39, 0.29) is 5.91 Å². The maximum atomic E-state index is 12.4. The Morgan fingerprint density at radius 3 is 2.57 bits per heavy atom. The number of nitrogens with one attached hydrogen (secondary N) is 2. The van der Waals surface area contributed by atoms with Gasteiger partial charge in [-0.05, 0) is 32.4 Å². The van der Waals surface area contributed by atoms with Crippen LogP contribution in [0.1, 0.15) is 25.8 Å². The minimum Gasteiger partial charge on any atom is -0.355 e. The van der Waals surface area contributed by atoms with Crippen molar-refractivity contribution in [3.05, 3.63) is 35.9 Å². The van der Waals surface area contributed by atoms with Gasteiger partial charge in [-0.3, -0.25) is 4.79 Å². The number of rotatable bonds is 6. The van der Waals surface area contributed by atoms with Gasteiger partial charge in [-0.2, -0.15) is 0 Å². The van der Waals surface area contributed by atoms with Crippen LogP contribution in [0.5, 0.6) is 0 Å². The molecule has 2 N–H and O–H groups in total. The average Bonchev–Trinajstić information content (AvgIpc) is 2.53. The first-order valence-electron chi connectivity index (χ1n) is 7.87. The summed E-state index contributed by atoms with van der Waals surface area (Å²) in [4.78, 5) is 14.8. The summed E-state index contributed by atoms with van der Waals surface area (Å²) in [5.41, 5.74) is 0.584. The smallest absolute Gasteiger partial charge is 0.230 e. The zero-order chi connectivity index (χ0) is 15.1. The Balaban J connectivity index is 1.73. The maximum absolute atomic E-state index is 12.4. The number of nitrogens with zero attached hydrogens (tertiary/aromatic N) is 1. The Morgan fingerprint density at radius 1 is 1.24 bits per heavy atom. The summed E-state index contributed by atoms with van der Waals surface area (Å²) in [5.74, 6) is 0.106. The van der Waals surface area contributed by atoms with E-state index >= 15 is 0 Å². The summed E-state index contributed by atoms with van der Waals surface area (Å²) in [6, 6.07) is 9.97. The average molecular weight is 289 g/mol. The number of hydrogen-bond acceptors (Lipinski definition) is 3. The first kappa shape index (κ1) is 16.0. The predicted molar refractivity (Wildman–Crippen MR) is 86.4 cm³/mol. The van der Waals surface area contributed by atoms with Crippen molar-refractivity contribution in [2.24, 2.45) is 0 Å². The van der Waals surface area contributed by atoms with Gasteiger partial charge < -0.3 is 15.5 Å². The van der Waals surface area contributed by atoms with Gasteiger partial charge in [0.2, 0.25) is 5.91 Å². The third-order valence-electron chi connectivity index (χ3n) is 4.21. The van der Waals surface area contributed by atoms with Crippen molar-refractivity contribution in [2.75, 3.05) is 39.3 Å². The van der Waals surface area contributed by atoms with E-state index < -0.39 is 5.41 Å². The van der Waals surface area contributed by atoms with E-state index in [1.807, 2.05) is 44.2 Å². The molecule has 116 valence electrons. The number of carbonyl (C=O) groups is 1. The molecule has 1 aliphatic heterocycles. The van der Waals surface area contributed by atoms with Gasteiger partial charge in [-0.15, -0.1) is 0 Å². The first-order chi connectivity index (χ1) is 10.1. The predicted octanol–water partition coefficient (Wildman–Crippen LogP) is 1.38. The van der Waals surface area contributed by atoms with E-state index in [0.717, 1.165) is 51.3 Å². The number of piperazine rings is 1. The Hall–Kier alpha value is -1.39. The topological polar surface area (TPSA) is 44.4 Å². The number of carbonyl (C=O) groups excluding carboxylic acids is 1. The molecule has 0 aliphatic carbocycles. The summed E-state index contributed by atoms with van der Waals surface area (Å²) < 4.78 is 0. The van der Waals surface area contributed by atoms with Crippen LogP contribution in [0.25, 0.3) is 0 Å². The highest BCUT2D eigenvalue weighted by molar-refractivity contribution is 5.87. The van der Waals surface area contributed by atoms with Gasteiger partial charge in [0.25, 0.3) is 0 Å². The van der Waals surface area contributed by atoms with E-state index in [2.05, 4.69) is 15.5 Å². The molecule has 0 atom stereocenters. The van der Waals surface area contributed by atoms with Crippen LogP contribution in [-0.4, -0.2) is 50.1 Å². The molecule has 1 heterocycles. The minimum atomic E-state index is -0.476. The van der Waals surface area contributed by atoms with E-state index in [9.17, 15) is 4.79 Å². The second-order valence-electron chi connectivity index (χ2n) is 6.19. The van der Waals surface area contributed by atoms with Gasteiger partial charge in [0, 0.05) is 32.7 Å². The molecule has 0 spiro atoms. The molecule has 0 aromatic heterocycles. The van der Waals surface area contributed by atoms with E-state index in [1.54, 1.807) is 0 Å². The molecule has 1 fully saturated rings. The molecule has 1 aromatic carbocycles. The molecular formula is C17H27N3O. The summed E-state index contributed by atoms with van der Waals surface area (Å²) in [7, 11) is 0. The molecular weight excluding hydrogens is 262 g/mol. The first-order valence-corrected chi connectivity index (χ1v) is 7.87. The maximum Gasteiger partial charge on any atom is 0.230 e. The van der Waals surface area contributed by atoms with Crippen LogP contribution in [0.4, 0.5) is 0 Å². The normalized spacial score (nSPS) is 16.7. The Labute approximate surface area is 127 Å². The molecule has 4 heteroatoms. The second kappa shape index (κ2) is 7.57. The van der Waals surface area contributed by atoms with Crippen LogP contribution in [0, 0.1) is 0 Å². The van der Waals surface area contributed by atoms with Crippen molar-refractivity contribution >= 4 is 5.91 Å². The van der Waals surface area contributed by atoms with E-state index in [4.69, 9.17) is 0 Å². The monoisotopic (exact) mass is 289 g/mol. The molecule has 1 saturated heterocycles. The molecule has 1 aromatic rings. The number of hydrogen-bond donors (Lipinski definition) is 2. The fourth-order valence-electron chi connectivity index (χ4n) is 2.65. The molecule has 2 rings (SSSR count). The fourth-order valence-corrected chi connectivity index (χ4v) is 2.65. The zero-order valence-corrected chi connectivity index (χ0v) is 13.2. The molecule has 1 amide bonds. The largest absolute Gasteiger partial charge is 0.355 e. The lowest BCUT2D eigenvalue weighted by molar-refractivity contribution is -0.125. The van der Waals surface area contributed by atoms with Gasteiger partial charge in [0.15, 0.2) is 0 Å². The minimum absolute atomic E-state index is 0.106. The molecule has 1 aliphatic rings. The molecule has 0 unspecified atom stereocenters. The van der Waals surface area contributed by atoms with Crippen molar-refractivity contribution < 1.29 is 4.79 Å². The highest BCUT2D eigenvalue weighted by Gasteiger charge is 2.29. The van der Waals surface area contributed by atoms with Gasteiger partial charge in [0.1, 0.15) is 0 Å². The van der Waals surface area contributed by atoms with E-state index in [0.29, 0.717) is 0 Å². The highest BCUT2D eigenvalue weighted by Crippen LogP contribution is 2.22. The standard InChI is InChI=1S/C17H27N3O/c1-17(2,15-7-4-3-5-8-15)16(21)19-9-6-12-20-13-10-18-11-14-20/h3-5,7-8,18H,6,9-14H2,1-2H3,(H,19,21). The third-order valence-corrected chi connectivity index (χ3v) is 4.21. The van der Waals surface area contributed by atoms with Gasteiger partial charge in [-0.1, -0.05) is 30.3 Å². The van der Waals surface area contributed by atoms with Crippen molar-refractivity contribution in [1.29, 1.82) is 0 Å². The number of benzene rings is 1. The van der Waals surface area contributed by atoms with Gasteiger partial charge in [0.05, 0.1) is 5.41 Å². The van der Waals surface area contributed by atoms with Crippen LogP contribution in [0.15, 0.2) is 30.3 Å². The van der Waals surface area contributed by atoms with Gasteiger partial charge >= 0.3 is 0 Å². The lowest BCUT2D eigenvalue weighted by Gasteiger charge is -2.27. The Bertz CT molecular complexity index is 439. The lowest BCUT2D eigenvalue weighted by atomic mass is 9.84. The highest BCUT2D eigenvalue weighted by atomic mass is 16.2. The summed E-state index contributed by atoms with van der Waals surface area (Å²) in [6.07, 6.45) is 1.01. The van der Waals surface area contributed by atoms with Crippen LogP contribution in [0.3, 0.4) is 0 Å². The molecule has 0 bridgehead atoms. The van der Waals surface area contributed by atoms with E-state index in [1.165, 1.54) is 0 Å². The summed E-state index contributed by atoms with van der Waals surface area (Å²) in [6.45, 7) is 10.2. The quantitative estimate of drug-likeness (QED) is 0.778. The van der Waals surface area contributed by atoms with Crippen molar-refractivity contribution in [1.82, 2.24) is 15.5 Å². The van der Waals surface area contributed by atoms with Crippen LogP contribution in [-0.2, 0) is 10.2 Å². The second-order valence-corrected chi connectivity index (χ2v) is 6.19. The summed E-state index contributed by atoms with van der Waals surface area (Å²) in [5, 5.41) is 6.43. The third kappa shape index (κ3) is 4.55. The molecule has 0 radical (unpaired) electrons. The van der Waals surface area contributed by atoms with Crippen molar-refractivity contribution in [2.45, 2.75) is 25.7 Å². The Kier molecular flexibility index (Phi) is 5.76. The van der Waals surface area contributed by atoms with Crippen LogP contribution in [0.2, 0.25) is 0 Å². The Morgan fingerprint density at radius 2 is 1.90 bits per heavy atom. The van der Waals surface area contributed by atoms with Gasteiger partial charge in [-0.25, -0.2) is 0 Å². The lowest BCUT2D eigenvalue weighted by Crippen LogP contribution is -2.45. The SMILES string of the molecule is CC(C)(C(=O)NCCCN1CCNCC1)c1ccccc1. The molecule has 21 heavy (non-hydrogen) atoms. The van der Waals surface area contributed by atoms with Crippen molar-refractivity contribution in [3.63, 3.8) is 0 Å². The summed E-state index contributed by atoms with van der Waals surface area (Å²) >= 11 is 0. The number of amides is 1. The van der Waals surface area contributed by atoms with Crippen molar-refractivity contribution in [3.8, 4) is 0 Å². The van der Waals surface area contributed by atoms with Crippen LogP contribution < -0.4 is 10.6 Å². The molecule has 4 nitrogen and oxygen atoms in total. The zero-order valence-electron chi connectivity index (χ0n) is 13.2. The fraction of sp³-hybridized carbons (Fsp3) is 0.588. The molecule has 0 saturated carbocycles. The van der Waals surface area contributed by atoms with Crippen LogP contribution >= 0.6 is 0 Å².